The van der Waals surface area contributed by atoms with Crippen LogP contribution in [0.25, 0.3) is 0 Å². The summed E-state index contributed by atoms with van der Waals surface area (Å²) in [4.78, 5) is 16.1. The molecule has 23 heavy (non-hydrogen) atoms. The predicted octanol–water partition coefficient (Wildman–Crippen LogP) is 4.65. The fraction of sp³-hybridized carbons (Fsp3) is 0.263. The van der Waals surface area contributed by atoms with Crippen LogP contribution in [0, 0.1) is 0 Å². The Labute approximate surface area is 137 Å². The van der Waals surface area contributed by atoms with Crippen molar-refractivity contribution < 1.29 is 9.53 Å². The van der Waals surface area contributed by atoms with Crippen LogP contribution in [-0.4, -0.2) is 17.9 Å². The van der Waals surface area contributed by atoms with Gasteiger partial charge in [0.1, 0.15) is 5.60 Å². The van der Waals surface area contributed by atoms with Crippen LogP contribution in [0.15, 0.2) is 59.6 Å². The van der Waals surface area contributed by atoms with E-state index in [-0.39, 0.29) is 0 Å². The highest BCUT2D eigenvalue weighted by Gasteiger charge is 2.15. The summed E-state index contributed by atoms with van der Waals surface area (Å²) in [6.45, 7) is 6.15. The Morgan fingerprint density at radius 2 is 1.74 bits per heavy atom. The van der Waals surface area contributed by atoms with Crippen molar-refractivity contribution in [2.24, 2.45) is 4.99 Å². The quantitative estimate of drug-likeness (QED) is 0.835. The van der Waals surface area contributed by atoms with Gasteiger partial charge in [-0.25, -0.2) is 4.79 Å². The smallest absolute Gasteiger partial charge is 0.412 e. The molecular formula is C19H22N2O2. The molecule has 0 spiro atoms. The third-order valence-electron chi connectivity index (χ3n) is 2.91. The first-order chi connectivity index (χ1) is 10.9. The lowest BCUT2D eigenvalue weighted by molar-refractivity contribution is 0.0636. The van der Waals surface area contributed by atoms with Crippen LogP contribution < -0.4 is 5.32 Å². The van der Waals surface area contributed by atoms with E-state index >= 15 is 0 Å². The summed E-state index contributed by atoms with van der Waals surface area (Å²) in [5.41, 5.74) is 2.34. The van der Waals surface area contributed by atoms with Crippen molar-refractivity contribution in [2.45, 2.75) is 32.9 Å². The van der Waals surface area contributed by atoms with Crippen LogP contribution in [-0.2, 0) is 11.3 Å². The molecule has 2 rings (SSSR count). The van der Waals surface area contributed by atoms with Crippen molar-refractivity contribution >= 4 is 18.0 Å². The molecule has 120 valence electrons. The fourth-order valence-corrected chi connectivity index (χ4v) is 1.91. The van der Waals surface area contributed by atoms with Crippen LogP contribution in [0.3, 0.4) is 0 Å². The lowest BCUT2D eigenvalue weighted by Crippen LogP contribution is -2.27. The number of rotatable bonds is 4. The monoisotopic (exact) mass is 310 g/mol. The summed E-state index contributed by atoms with van der Waals surface area (Å²) < 4.78 is 5.21. The molecule has 2 aromatic rings. The summed E-state index contributed by atoms with van der Waals surface area (Å²) >= 11 is 0. The number of carbonyl (C=O) groups excluding carboxylic acids is 1. The Kier molecular flexibility index (Phi) is 5.52. The molecular weight excluding hydrogens is 288 g/mol. The zero-order chi connectivity index (χ0) is 16.7. The molecule has 0 atom stereocenters. The molecule has 2 aromatic carbocycles. The maximum absolute atomic E-state index is 11.7. The summed E-state index contributed by atoms with van der Waals surface area (Å²) in [7, 11) is 0. The van der Waals surface area contributed by atoms with E-state index in [1.54, 1.807) is 0 Å². The number of benzene rings is 2. The van der Waals surface area contributed by atoms with Gasteiger partial charge in [-0.1, -0.05) is 42.5 Å². The number of ether oxygens (including phenoxy) is 1. The van der Waals surface area contributed by atoms with Gasteiger partial charge < -0.3 is 4.74 Å². The second-order valence-electron chi connectivity index (χ2n) is 6.20. The molecule has 0 heterocycles. The van der Waals surface area contributed by atoms with Crippen LogP contribution in [0.4, 0.5) is 10.5 Å². The van der Waals surface area contributed by atoms with Gasteiger partial charge in [0.15, 0.2) is 0 Å². The molecule has 4 nitrogen and oxygen atoms in total. The average Bonchev–Trinajstić information content (AvgIpc) is 2.48. The van der Waals surface area contributed by atoms with E-state index in [1.165, 1.54) is 5.56 Å². The number of hydrogen-bond donors (Lipinski definition) is 1. The predicted molar refractivity (Wildman–Crippen MR) is 94.0 cm³/mol. The minimum absolute atomic E-state index is 0.456. The highest BCUT2D eigenvalue weighted by Crippen LogP contribution is 2.12. The van der Waals surface area contributed by atoms with E-state index in [9.17, 15) is 4.79 Å². The van der Waals surface area contributed by atoms with Crippen LogP contribution >= 0.6 is 0 Å². The highest BCUT2D eigenvalue weighted by molar-refractivity contribution is 5.86. The third kappa shape index (κ3) is 6.34. The van der Waals surface area contributed by atoms with Crippen molar-refractivity contribution in [3.8, 4) is 0 Å². The summed E-state index contributed by atoms with van der Waals surface area (Å²) in [5.74, 6) is 0. The first kappa shape index (κ1) is 16.7. The molecule has 4 heteroatoms. The average molecular weight is 310 g/mol. The van der Waals surface area contributed by atoms with E-state index in [4.69, 9.17) is 4.74 Å². The zero-order valence-corrected chi connectivity index (χ0v) is 13.7. The molecule has 0 aliphatic carbocycles. The first-order valence-electron chi connectivity index (χ1n) is 7.56. The molecule has 0 saturated carbocycles. The Hall–Kier alpha value is -2.62. The molecule has 0 aliphatic heterocycles. The number of aliphatic imine (C=N–C) groups is 1. The summed E-state index contributed by atoms with van der Waals surface area (Å²) in [6, 6.07) is 17.5. The van der Waals surface area contributed by atoms with E-state index in [0.29, 0.717) is 12.2 Å². The number of hydrogen-bond acceptors (Lipinski definition) is 3. The largest absolute Gasteiger partial charge is 0.444 e. The highest BCUT2D eigenvalue weighted by atomic mass is 16.6. The molecule has 0 saturated heterocycles. The van der Waals surface area contributed by atoms with Crippen LogP contribution in [0.1, 0.15) is 31.9 Å². The van der Waals surface area contributed by atoms with Crippen molar-refractivity contribution in [2.75, 3.05) is 5.32 Å². The number of nitrogens with one attached hydrogen (secondary N) is 1. The topological polar surface area (TPSA) is 50.7 Å². The van der Waals surface area contributed by atoms with Crippen molar-refractivity contribution in [3.63, 3.8) is 0 Å². The van der Waals surface area contributed by atoms with E-state index in [2.05, 4.69) is 10.3 Å². The minimum atomic E-state index is -0.506. The van der Waals surface area contributed by atoms with Gasteiger partial charge in [0.2, 0.25) is 0 Å². The Bertz CT molecular complexity index is 656. The Balaban J connectivity index is 1.88. The number of carbonyl (C=O) groups is 1. The molecule has 0 aromatic heterocycles. The van der Waals surface area contributed by atoms with Gasteiger partial charge in [-0.05, 0) is 44.0 Å². The minimum Gasteiger partial charge on any atom is -0.444 e. The van der Waals surface area contributed by atoms with Gasteiger partial charge in [-0.15, -0.1) is 0 Å². The van der Waals surface area contributed by atoms with E-state index in [0.717, 1.165) is 5.56 Å². The fourth-order valence-electron chi connectivity index (χ4n) is 1.91. The molecule has 0 bridgehead atoms. The lowest BCUT2D eigenvalue weighted by atomic mass is 10.2. The van der Waals surface area contributed by atoms with Crippen molar-refractivity contribution in [1.29, 1.82) is 0 Å². The van der Waals surface area contributed by atoms with Gasteiger partial charge in [0, 0.05) is 11.9 Å². The van der Waals surface area contributed by atoms with Crippen LogP contribution in [0.5, 0.6) is 0 Å². The molecule has 0 unspecified atom stereocenters. The molecule has 1 N–H and O–H groups in total. The standard InChI is InChI=1S/C19H22N2O2/c1-19(2,3)23-18(22)21-17-11-9-16(10-12-17)14-20-13-15-7-5-4-6-8-15/h4-12,14H,13H2,1-3H3,(H,21,22). The third-order valence-corrected chi connectivity index (χ3v) is 2.91. The Morgan fingerprint density at radius 1 is 1.09 bits per heavy atom. The van der Waals surface area contributed by atoms with E-state index < -0.39 is 11.7 Å². The maximum atomic E-state index is 11.7. The van der Waals surface area contributed by atoms with Gasteiger partial charge in [-0.2, -0.15) is 0 Å². The summed E-state index contributed by atoms with van der Waals surface area (Å²) in [6.07, 6.45) is 1.37. The van der Waals surface area contributed by atoms with Gasteiger partial charge >= 0.3 is 6.09 Å². The normalized spacial score (nSPS) is 11.4. The molecule has 0 aliphatic rings. The van der Waals surface area contributed by atoms with Gasteiger partial charge in [0.25, 0.3) is 0 Å². The molecule has 0 radical (unpaired) electrons. The second kappa shape index (κ2) is 7.58. The SMILES string of the molecule is CC(C)(C)OC(=O)Nc1ccc(C=NCc2ccccc2)cc1. The summed E-state index contributed by atoms with van der Waals surface area (Å²) in [5, 5.41) is 2.70. The van der Waals surface area contributed by atoms with Crippen LogP contribution in [0.2, 0.25) is 0 Å². The Morgan fingerprint density at radius 3 is 2.35 bits per heavy atom. The zero-order valence-electron chi connectivity index (χ0n) is 13.7. The van der Waals surface area contributed by atoms with Crippen molar-refractivity contribution in [1.82, 2.24) is 0 Å². The van der Waals surface area contributed by atoms with E-state index in [1.807, 2.05) is 81.6 Å². The number of amides is 1. The lowest BCUT2D eigenvalue weighted by Gasteiger charge is -2.19. The first-order valence-corrected chi connectivity index (χ1v) is 7.56. The molecule has 1 amide bonds. The second-order valence-corrected chi connectivity index (χ2v) is 6.20. The van der Waals surface area contributed by atoms with Crippen molar-refractivity contribution in [3.05, 3.63) is 65.7 Å². The maximum Gasteiger partial charge on any atom is 0.412 e. The number of nitrogens with zero attached hydrogens (tertiary/aromatic N) is 1. The van der Waals surface area contributed by atoms with Gasteiger partial charge in [-0.3, -0.25) is 10.3 Å². The number of anilines is 1. The molecule has 0 fully saturated rings. The van der Waals surface area contributed by atoms with Gasteiger partial charge in [0.05, 0.1) is 6.54 Å².